The summed E-state index contributed by atoms with van der Waals surface area (Å²) < 4.78 is 5.71. The van der Waals surface area contributed by atoms with Crippen molar-refractivity contribution < 1.29 is 4.74 Å². The molecule has 1 aromatic carbocycles. The minimum Gasteiger partial charge on any atom is -0.492 e. The summed E-state index contributed by atoms with van der Waals surface area (Å²) in [5.74, 6) is 0.702. The highest BCUT2D eigenvalue weighted by Gasteiger charge is 2.07. The number of rotatable bonds is 5. The second kappa shape index (κ2) is 6.37. The molecule has 2 N–H and O–H groups in total. The zero-order chi connectivity index (χ0) is 13.8. The van der Waals surface area contributed by atoms with Crippen LogP contribution in [0.25, 0.3) is 0 Å². The number of benzene rings is 1. The van der Waals surface area contributed by atoms with Gasteiger partial charge in [-0.15, -0.1) is 11.3 Å². The molecule has 1 aromatic heterocycles. The summed E-state index contributed by atoms with van der Waals surface area (Å²) in [6.45, 7) is 4.54. The van der Waals surface area contributed by atoms with Crippen LogP contribution in [0.2, 0.25) is 5.02 Å². The van der Waals surface area contributed by atoms with Crippen LogP contribution in [0.1, 0.15) is 29.1 Å². The van der Waals surface area contributed by atoms with Crippen molar-refractivity contribution in [3.8, 4) is 5.75 Å². The van der Waals surface area contributed by atoms with Gasteiger partial charge in [0.2, 0.25) is 0 Å². The van der Waals surface area contributed by atoms with Crippen molar-refractivity contribution >= 4 is 22.9 Å². The van der Waals surface area contributed by atoms with Gasteiger partial charge in [-0.2, -0.15) is 0 Å². The summed E-state index contributed by atoms with van der Waals surface area (Å²) in [7, 11) is 0. The van der Waals surface area contributed by atoms with Crippen LogP contribution in [-0.2, 0) is 6.42 Å². The Hall–Kier alpha value is -1.10. The lowest BCUT2D eigenvalue weighted by atomic mass is 10.1. The monoisotopic (exact) mass is 296 g/mol. The van der Waals surface area contributed by atoms with Gasteiger partial charge in [0.05, 0.1) is 22.8 Å². The van der Waals surface area contributed by atoms with E-state index >= 15 is 0 Å². The fourth-order valence-electron chi connectivity index (χ4n) is 1.74. The lowest BCUT2D eigenvalue weighted by Gasteiger charge is -2.11. The fourth-order valence-corrected chi connectivity index (χ4v) is 2.74. The van der Waals surface area contributed by atoms with Crippen LogP contribution in [0.5, 0.6) is 5.75 Å². The highest BCUT2D eigenvalue weighted by atomic mass is 35.5. The lowest BCUT2D eigenvalue weighted by molar-refractivity contribution is 0.322. The SMILES string of the molecule is Cc1ncsc1CCOc1ccc(C(C)N)cc1Cl. The maximum atomic E-state index is 6.18. The molecule has 0 fully saturated rings. The molecule has 1 atom stereocenters. The molecule has 0 saturated carbocycles. The van der Waals surface area contributed by atoms with E-state index in [4.69, 9.17) is 22.1 Å². The molecule has 0 aliphatic rings. The second-order valence-corrected chi connectivity index (χ2v) is 5.78. The molecule has 0 amide bonds. The molecular formula is C14H17ClN2OS. The third kappa shape index (κ3) is 3.69. The minimum absolute atomic E-state index is 0.0219. The second-order valence-electron chi connectivity index (χ2n) is 4.44. The summed E-state index contributed by atoms with van der Waals surface area (Å²) in [6.07, 6.45) is 0.849. The summed E-state index contributed by atoms with van der Waals surface area (Å²) >= 11 is 7.83. The van der Waals surface area contributed by atoms with E-state index in [0.29, 0.717) is 17.4 Å². The van der Waals surface area contributed by atoms with E-state index in [1.807, 2.05) is 37.6 Å². The molecular weight excluding hydrogens is 280 g/mol. The van der Waals surface area contributed by atoms with Crippen molar-refractivity contribution in [1.82, 2.24) is 4.98 Å². The van der Waals surface area contributed by atoms with E-state index in [9.17, 15) is 0 Å². The Kier molecular flexibility index (Phi) is 4.80. The maximum absolute atomic E-state index is 6.18. The third-order valence-electron chi connectivity index (χ3n) is 2.91. The van der Waals surface area contributed by atoms with E-state index in [0.717, 1.165) is 17.7 Å². The van der Waals surface area contributed by atoms with Gasteiger partial charge in [0.1, 0.15) is 5.75 Å². The normalized spacial score (nSPS) is 12.4. The van der Waals surface area contributed by atoms with Crippen molar-refractivity contribution in [2.75, 3.05) is 6.61 Å². The number of nitrogens with zero attached hydrogens (tertiary/aromatic N) is 1. The highest BCUT2D eigenvalue weighted by Crippen LogP contribution is 2.27. The average molecular weight is 297 g/mol. The maximum Gasteiger partial charge on any atom is 0.137 e. The standard InChI is InChI=1S/C14H17ClN2OS/c1-9(16)11-3-4-13(12(15)7-11)18-6-5-14-10(2)17-8-19-14/h3-4,7-9H,5-6,16H2,1-2H3. The van der Waals surface area contributed by atoms with Gasteiger partial charge in [-0.3, -0.25) is 0 Å². The number of hydrogen-bond donors (Lipinski definition) is 1. The Morgan fingerprint density at radius 2 is 2.26 bits per heavy atom. The van der Waals surface area contributed by atoms with Gasteiger partial charge in [0.25, 0.3) is 0 Å². The Balaban J connectivity index is 1.95. The first-order valence-corrected chi connectivity index (χ1v) is 7.40. The molecule has 0 radical (unpaired) electrons. The Morgan fingerprint density at radius 1 is 1.47 bits per heavy atom. The number of aromatic nitrogens is 1. The molecule has 0 saturated heterocycles. The summed E-state index contributed by atoms with van der Waals surface area (Å²) in [5.41, 5.74) is 9.75. The molecule has 19 heavy (non-hydrogen) atoms. The minimum atomic E-state index is -0.0219. The van der Waals surface area contributed by atoms with Crippen LogP contribution in [0.15, 0.2) is 23.7 Å². The Bertz CT molecular complexity index is 554. The summed E-state index contributed by atoms with van der Waals surface area (Å²) in [5, 5.41) is 0.607. The molecule has 2 rings (SSSR count). The smallest absolute Gasteiger partial charge is 0.137 e. The van der Waals surface area contributed by atoms with Crippen molar-refractivity contribution in [3.63, 3.8) is 0 Å². The summed E-state index contributed by atoms with van der Waals surface area (Å²) in [6, 6.07) is 5.66. The molecule has 1 heterocycles. The molecule has 5 heteroatoms. The van der Waals surface area contributed by atoms with E-state index in [1.54, 1.807) is 11.3 Å². The topological polar surface area (TPSA) is 48.1 Å². The Labute approximate surface area is 122 Å². The van der Waals surface area contributed by atoms with Crippen molar-refractivity contribution in [2.24, 2.45) is 5.73 Å². The first kappa shape index (κ1) is 14.3. The van der Waals surface area contributed by atoms with Crippen LogP contribution >= 0.6 is 22.9 Å². The predicted molar refractivity (Wildman–Crippen MR) is 80.1 cm³/mol. The molecule has 0 spiro atoms. The van der Waals surface area contributed by atoms with Gasteiger partial charge >= 0.3 is 0 Å². The molecule has 102 valence electrons. The number of hydrogen-bond acceptors (Lipinski definition) is 4. The Morgan fingerprint density at radius 3 is 2.84 bits per heavy atom. The molecule has 0 aliphatic carbocycles. The number of halogens is 1. The van der Waals surface area contributed by atoms with Crippen LogP contribution in [0, 0.1) is 6.92 Å². The van der Waals surface area contributed by atoms with E-state index in [-0.39, 0.29) is 6.04 Å². The number of aryl methyl sites for hydroxylation is 1. The number of thiazole rings is 1. The third-order valence-corrected chi connectivity index (χ3v) is 4.20. The van der Waals surface area contributed by atoms with Gasteiger partial charge in [0.15, 0.2) is 0 Å². The van der Waals surface area contributed by atoms with Crippen LogP contribution in [0.3, 0.4) is 0 Å². The molecule has 1 unspecified atom stereocenters. The molecule has 0 aliphatic heterocycles. The van der Waals surface area contributed by atoms with Crippen LogP contribution in [-0.4, -0.2) is 11.6 Å². The van der Waals surface area contributed by atoms with E-state index in [1.165, 1.54) is 4.88 Å². The molecule has 0 bridgehead atoms. The predicted octanol–water partition coefficient (Wildman–Crippen LogP) is 3.75. The average Bonchev–Trinajstić information content (AvgIpc) is 2.77. The van der Waals surface area contributed by atoms with Crippen molar-refractivity contribution in [2.45, 2.75) is 26.3 Å². The fraction of sp³-hybridized carbons (Fsp3) is 0.357. The van der Waals surface area contributed by atoms with Gasteiger partial charge in [-0.1, -0.05) is 17.7 Å². The van der Waals surface area contributed by atoms with E-state index in [2.05, 4.69) is 4.98 Å². The highest BCUT2D eigenvalue weighted by molar-refractivity contribution is 7.09. The summed E-state index contributed by atoms with van der Waals surface area (Å²) in [4.78, 5) is 5.47. The largest absolute Gasteiger partial charge is 0.492 e. The molecule has 3 nitrogen and oxygen atoms in total. The number of nitrogens with two attached hydrogens (primary N) is 1. The van der Waals surface area contributed by atoms with Crippen LogP contribution in [0.4, 0.5) is 0 Å². The first-order chi connectivity index (χ1) is 9.08. The zero-order valence-electron chi connectivity index (χ0n) is 11.0. The molecule has 2 aromatic rings. The van der Waals surface area contributed by atoms with Gasteiger partial charge in [0, 0.05) is 17.3 Å². The van der Waals surface area contributed by atoms with Gasteiger partial charge in [-0.25, -0.2) is 4.98 Å². The van der Waals surface area contributed by atoms with Gasteiger partial charge < -0.3 is 10.5 Å². The zero-order valence-corrected chi connectivity index (χ0v) is 12.6. The lowest BCUT2D eigenvalue weighted by Crippen LogP contribution is -2.06. The first-order valence-electron chi connectivity index (χ1n) is 6.14. The van der Waals surface area contributed by atoms with Crippen LogP contribution < -0.4 is 10.5 Å². The van der Waals surface area contributed by atoms with Crippen molar-refractivity contribution in [3.05, 3.63) is 44.9 Å². The van der Waals surface area contributed by atoms with Gasteiger partial charge in [-0.05, 0) is 31.5 Å². The number of ether oxygens (including phenoxy) is 1. The van der Waals surface area contributed by atoms with Crippen molar-refractivity contribution in [1.29, 1.82) is 0 Å². The van der Waals surface area contributed by atoms with E-state index < -0.39 is 0 Å². The quantitative estimate of drug-likeness (QED) is 0.914.